The molecule has 0 aliphatic carbocycles. The number of rotatable bonds is 5. The monoisotopic (exact) mass is 350 g/mol. The number of anilines is 2. The molecule has 1 aromatic heterocycles. The smallest absolute Gasteiger partial charge is 0.321 e. The second-order valence-electron chi connectivity index (χ2n) is 5.22. The first-order valence-electron chi connectivity index (χ1n) is 7.16. The number of nitrogens with zero attached hydrogens (tertiary/aromatic N) is 4. The molecule has 0 radical (unpaired) electrons. The molecule has 1 aromatic carbocycles. The predicted octanol–water partition coefficient (Wildman–Crippen LogP) is 2.23. The van der Waals surface area contributed by atoms with Crippen molar-refractivity contribution in [1.82, 2.24) is 20.3 Å². The highest BCUT2D eigenvalue weighted by atomic mass is 35.5. The predicted molar refractivity (Wildman–Crippen MR) is 92.8 cm³/mol. The Morgan fingerprint density at radius 1 is 1.29 bits per heavy atom. The summed E-state index contributed by atoms with van der Waals surface area (Å²) in [5, 5.41) is 5.82. The molecule has 1 heterocycles. The summed E-state index contributed by atoms with van der Waals surface area (Å²) in [5.41, 5.74) is 1.54. The van der Waals surface area contributed by atoms with Gasteiger partial charge in [0, 0.05) is 14.1 Å². The second kappa shape index (κ2) is 7.78. The van der Waals surface area contributed by atoms with Crippen LogP contribution in [-0.4, -0.2) is 42.2 Å². The van der Waals surface area contributed by atoms with E-state index in [0.717, 1.165) is 5.56 Å². The number of aromatic nitrogens is 3. The lowest BCUT2D eigenvalue weighted by Crippen LogP contribution is -2.29. The first-order valence-corrected chi connectivity index (χ1v) is 7.54. The van der Waals surface area contributed by atoms with Crippen LogP contribution in [0.3, 0.4) is 0 Å². The molecule has 0 unspecified atom stereocenters. The van der Waals surface area contributed by atoms with E-state index in [1.54, 1.807) is 31.1 Å². The van der Waals surface area contributed by atoms with Crippen LogP contribution in [0.5, 0.6) is 6.01 Å². The summed E-state index contributed by atoms with van der Waals surface area (Å²) in [7, 11) is 5.08. The third kappa shape index (κ3) is 4.69. The Morgan fingerprint density at radius 2 is 2.04 bits per heavy atom. The van der Waals surface area contributed by atoms with Crippen LogP contribution in [-0.2, 0) is 6.54 Å². The molecule has 0 saturated heterocycles. The Balaban J connectivity index is 2.02. The Morgan fingerprint density at radius 3 is 2.67 bits per heavy atom. The summed E-state index contributed by atoms with van der Waals surface area (Å²) in [6.07, 6.45) is 0. The average molecular weight is 351 g/mol. The van der Waals surface area contributed by atoms with Crippen LogP contribution >= 0.6 is 11.6 Å². The zero-order chi connectivity index (χ0) is 17.7. The lowest BCUT2D eigenvalue weighted by molar-refractivity contribution is 0.251. The standard InChI is InChI=1S/C15H19ClN6O2/c1-9-5-6-11(10(16)7-9)18-14(23)17-8-12-19-13(22(2)3)21-15(20-12)24-4/h5-7H,8H2,1-4H3,(H2,17,18,23). The Kier molecular flexibility index (Phi) is 5.75. The molecule has 2 rings (SSSR count). The van der Waals surface area contributed by atoms with Crippen LogP contribution in [0.4, 0.5) is 16.4 Å². The van der Waals surface area contributed by atoms with Crippen molar-refractivity contribution in [2.75, 3.05) is 31.4 Å². The summed E-state index contributed by atoms with van der Waals surface area (Å²) >= 11 is 6.09. The van der Waals surface area contributed by atoms with E-state index in [1.165, 1.54) is 7.11 Å². The fraction of sp³-hybridized carbons (Fsp3) is 0.333. The number of halogens is 1. The van der Waals surface area contributed by atoms with Gasteiger partial charge >= 0.3 is 12.0 Å². The van der Waals surface area contributed by atoms with E-state index in [2.05, 4.69) is 25.6 Å². The van der Waals surface area contributed by atoms with Crippen molar-refractivity contribution in [3.05, 3.63) is 34.6 Å². The summed E-state index contributed by atoms with van der Waals surface area (Å²) < 4.78 is 5.04. The number of amides is 2. The van der Waals surface area contributed by atoms with Crippen molar-refractivity contribution >= 4 is 29.3 Å². The maximum atomic E-state index is 12.0. The summed E-state index contributed by atoms with van der Waals surface area (Å²) in [4.78, 5) is 26.2. The molecule has 2 amide bonds. The molecule has 0 bridgehead atoms. The quantitative estimate of drug-likeness (QED) is 0.859. The largest absolute Gasteiger partial charge is 0.467 e. The molecule has 0 aliphatic heterocycles. The van der Waals surface area contributed by atoms with E-state index in [1.807, 2.05) is 13.0 Å². The summed E-state index contributed by atoms with van der Waals surface area (Å²) in [5.74, 6) is 0.830. The van der Waals surface area contributed by atoms with Crippen molar-refractivity contribution in [3.8, 4) is 6.01 Å². The first-order chi connectivity index (χ1) is 11.4. The topological polar surface area (TPSA) is 92.3 Å². The molecule has 128 valence electrons. The number of nitrogens with one attached hydrogen (secondary N) is 2. The molecule has 0 atom stereocenters. The van der Waals surface area contributed by atoms with Crippen LogP contribution in [0.1, 0.15) is 11.4 Å². The second-order valence-corrected chi connectivity index (χ2v) is 5.63. The molecule has 2 aromatic rings. The van der Waals surface area contributed by atoms with E-state index >= 15 is 0 Å². The SMILES string of the molecule is COc1nc(CNC(=O)Nc2ccc(C)cc2Cl)nc(N(C)C)n1. The van der Waals surface area contributed by atoms with E-state index < -0.39 is 6.03 Å². The van der Waals surface area contributed by atoms with Crippen molar-refractivity contribution in [1.29, 1.82) is 0 Å². The molecule has 0 saturated carbocycles. The van der Waals surface area contributed by atoms with Crippen LogP contribution < -0.4 is 20.3 Å². The van der Waals surface area contributed by atoms with E-state index in [4.69, 9.17) is 16.3 Å². The molecule has 2 N–H and O–H groups in total. The highest BCUT2D eigenvalue weighted by molar-refractivity contribution is 6.33. The third-order valence-electron chi connectivity index (χ3n) is 3.01. The van der Waals surface area contributed by atoms with Crippen LogP contribution in [0.15, 0.2) is 18.2 Å². The molecule has 0 aliphatic rings. The van der Waals surface area contributed by atoms with Gasteiger partial charge in [-0.2, -0.15) is 15.0 Å². The normalized spacial score (nSPS) is 10.2. The number of aryl methyl sites for hydroxylation is 1. The van der Waals surface area contributed by atoms with Crippen molar-refractivity contribution in [3.63, 3.8) is 0 Å². The molecular weight excluding hydrogens is 332 g/mol. The fourth-order valence-electron chi connectivity index (χ4n) is 1.80. The minimum atomic E-state index is -0.411. The number of carbonyl (C=O) groups excluding carboxylic acids is 1. The number of ether oxygens (including phenoxy) is 1. The Hall–Kier alpha value is -2.61. The van der Waals surface area contributed by atoms with Gasteiger partial charge in [0.2, 0.25) is 5.95 Å². The van der Waals surface area contributed by atoms with Crippen molar-refractivity contribution in [2.24, 2.45) is 0 Å². The van der Waals surface area contributed by atoms with Gasteiger partial charge in [0.25, 0.3) is 0 Å². The molecule has 8 nitrogen and oxygen atoms in total. The number of benzene rings is 1. The van der Waals surface area contributed by atoms with E-state index in [-0.39, 0.29) is 12.6 Å². The summed E-state index contributed by atoms with van der Waals surface area (Å²) in [6, 6.07) is 5.16. The fourth-order valence-corrected chi connectivity index (χ4v) is 2.09. The molecule has 24 heavy (non-hydrogen) atoms. The van der Waals surface area contributed by atoms with Crippen LogP contribution in [0, 0.1) is 6.92 Å². The summed E-state index contributed by atoms with van der Waals surface area (Å²) in [6.45, 7) is 2.04. The molecule has 9 heteroatoms. The van der Waals surface area contributed by atoms with E-state index in [9.17, 15) is 4.79 Å². The minimum absolute atomic E-state index is 0.120. The number of carbonyl (C=O) groups is 1. The maximum absolute atomic E-state index is 12.0. The molecule has 0 spiro atoms. The molecular formula is C15H19ClN6O2. The number of hydrogen-bond acceptors (Lipinski definition) is 6. The first kappa shape index (κ1) is 17.7. The van der Waals surface area contributed by atoms with Gasteiger partial charge in [-0.3, -0.25) is 0 Å². The van der Waals surface area contributed by atoms with Crippen molar-refractivity contribution < 1.29 is 9.53 Å². The maximum Gasteiger partial charge on any atom is 0.321 e. The zero-order valence-electron chi connectivity index (χ0n) is 13.9. The zero-order valence-corrected chi connectivity index (χ0v) is 14.7. The highest BCUT2D eigenvalue weighted by Gasteiger charge is 2.10. The van der Waals surface area contributed by atoms with Gasteiger partial charge in [-0.05, 0) is 24.6 Å². The van der Waals surface area contributed by atoms with Gasteiger partial charge in [-0.25, -0.2) is 4.79 Å². The van der Waals surface area contributed by atoms with Gasteiger partial charge < -0.3 is 20.3 Å². The molecule has 0 fully saturated rings. The van der Waals surface area contributed by atoms with Gasteiger partial charge in [0.1, 0.15) is 0 Å². The lowest BCUT2D eigenvalue weighted by Gasteiger charge is -2.13. The van der Waals surface area contributed by atoms with Gasteiger partial charge in [0.15, 0.2) is 5.82 Å². The van der Waals surface area contributed by atoms with Gasteiger partial charge in [-0.15, -0.1) is 0 Å². The Labute approximate surface area is 145 Å². The Bertz CT molecular complexity index is 738. The highest BCUT2D eigenvalue weighted by Crippen LogP contribution is 2.22. The van der Waals surface area contributed by atoms with Crippen LogP contribution in [0.25, 0.3) is 0 Å². The van der Waals surface area contributed by atoms with Gasteiger partial charge in [-0.1, -0.05) is 17.7 Å². The minimum Gasteiger partial charge on any atom is -0.467 e. The lowest BCUT2D eigenvalue weighted by atomic mass is 10.2. The third-order valence-corrected chi connectivity index (χ3v) is 3.32. The van der Waals surface area contributed by atoms with Crippen LogP contribution in [0.2, 0.25) is 5.02 Å². The number of urea groups is 1. The number of methoxy groups -OCH3 is 1. The number of hydrogen-bond donors (Lipinski definition) is 2. The van der Waals surface area contributed by atoms with Gasteiger partial charge in [0.05, 0.1) is 24.4 Å². The van der Waals surface area contributed by atoms with E-state index in [0.29, 0.717) is 22.5 Å². The average Bonchev–Trinajstić information content (AvgIpc) is 2.55. The van der Waals surface area contributed by atoms with Crippen molar-refractivity contribution in [2.45, 2.75) is 13.5 Å².